The predicted octanol–water partition coefficient (Wildman–Crippen LogP) is 1.75. The van der Waals surface area contributed by atoms with Crippen molar-refractivity contribution in [1.82, 2.24) is 24.6 Å². The Labute approximate surface area is 158 Å². The van der Waals surface area contributed by atoms with Crippen LogP contribution in [0, 0.1) is 5.92 Å². The predicted molar refractivity (Wildman–Crippen MR) is 100 cm³/mol. The molecule has 1 saturated carbocycles. The molecular weight excluding hydrogens is 342 g/mol. The monoisotopic (exact) mass is 367 g/mol. The van der Waals surface area contributed by atoms with Crippen LogP contribution in [0.3, 0.4) is 0 Å². The minimum atomic E-state index is -0.0320. The summed E-state index contributed by atoms with van der Waals surface area (Å²) in [7, 11) is 0. The van der Waals surface area contributed by atoms with Crippen molar-refractivity contribution in [3.8, 4) is 0 Å². The quantitative estimate of drug-likeness (QED) is 0.895. The first-order valence-electron chi connectivity index (χ1n) is 9.95. The minimum absolute atomic E-state index is 0.00547. The molecule has 2 aromatic rings. The maximum absolute atomic E-state index is 12.9. The minimum Gasteiger partial charge on any atom is -0.334 e. The summed E-state index contributed by atoms with van der Waals surface area (Å²) >= 11 is 0. The van der Waals surface area contributed by atoms with E-state index in [1.165, 1.54) is 12.8 Å². The van der Waals surface area contributed by atoms with Crippen molar-refractivity contribution in [2.45, 2.75) is 63.8 Å². The molecule has 1 aromatic carbocycles. The Bertz CT molecular complexity index is 899. The molecule has 2 amide bonds. The van der Waals surface area contributed by atoms with E-state index in [9.17, 15) is 9.59 Å². The maximum atomic E-state index is 12.9. The van der Waals surface area contributed by atoms with Crippen LogP contribution >= 0.6 is 0 Å². The van der Waals surface area contributed by atoms with Gasteiger partial charge in [-0.2, -0.15) is 5.10 Å². The lowest BCUT2D eigenvalue weighted by molar-refractivity contribution is 0.170. The first-order valence-corrected chi connectivity index (χ1v) is 9.95. The van der Waals surface area contributed by atoms with Gasteiger partial charge in [-0.15, -0.1) is 0 Å². The van der Waals surface area contributed by atoms with E-state index in [2.05, 4.69) is 10.4 Å². The number of urea groups is 1. The number of hydrogen-bond acceptors (Lipinski definition) is 3. The number of carbonyl (C=O) groups is 1. The summed E-state index contributed by atoms with van der Waals surface area (Å²) in [5.74, 6) is 1.47. The van der Waals surface area contributed by atoms with E-state index in [0.29, 0.717) is 25.4 Å². The zero-order chi connectivity index (χ0) is 18.4. The van der Waals surface area contributed by atoms with Gasteiger partial charge in [0.2, 0.25) is 0 Å². The summed E-state index contributed by atoms with van der Waals surface area (Å²) < 4.78 is 3.46. The number of benzene rings is 1. The molecule has 142 valence electrons. The summed E-state index contributed by atoms with van der Waals surface area (Å²) in [6.45, 7) is 1.83. The van der Waals surface area contributed by atoms with Crippen LogP contribution < -0.4 is 11.0 Å². The number of rotatable bonds is 4. The smallest absolute Gasteiger partial charge is 0.334 e. The van der Waals surface area contributed by atoms with Gasteiger partial charge >= 0.3 is 11.7 Å². The Morgan fingerprint density at radius 2 is 1.89 bits per heavy atom. The summed E-state index contributed by atoms with van der Waals surface area (Å²) in [4.78, 5) is 27.6. The molecule has 1 aliphatic carbocycles. The molecule has 0 unspecified atom stereocenters. The van der Waals surface area contributed by atoms with Crippen molar-refractivity contribution in [3.63, 3.8) is 0 Å². The van der Waals surface area contributed by atoms with Gasteiger partial charge in [0.05, 0.1) is 6.04 Å². The average Bonchev–Trinajstić information content (AvgIpc) is 3.37. The summed E-state index contributed by atoms with van der Waals surface area (Å²) in [6, 6.07) is 10.1. The Balaban J connectivity index is 1.31. The van der Waals surface area contributed by atoms with Crippen LogP contribution in [0.15, 0.2) is 35.1 Å². The second-order valence-corrected chi connectivity index (χ2v) is 8.08. The second-order valence-electron chi connectivity index (χ2n) is 8.08. The van der Waals surface area contributed by atoms with Crippen LogP contribution in [0.25, 0.3) is 0 Å². The van der Waals surface area contributed by atoms with Gasteiger partial charge in [0.15, 0.2) is 0 Å². The molecule has 2 fully saturated rings. The molecule has 2 aliphatic heterocycles. The third-order valence-corrected chi connectivity index (χ3v) is 6.08. The Hall–Kier alpha value is -2.57. The summed E-state index contributed by atoms with van der Waals surface area (Å²) in [6.07, 6.45) is 5.00. The highest BCUT2D eigenvalue weighted by molar-refractivity contribution is 5.75. The highest BCUT2D eigenvalue weighted by atomic mass is 16.2. The first-order chi connectivity index (χ1) is 13.2. The van der Waals surface area contributed by atoms with Gasteiger partial charge in [0.25, 0.3) is 0 Å². The van der Waals surface area contributed by atoms with Crippen molar-refractivity contribution in [2.75, 3.05) is 0 Å². The standard InChI is InChI=1S/C20H25N5O2/c26-19(21-11-14-4-2-1-3-5-14)25-16-8-9-17(25)13-23-18(10-16)22-24(20(23)27)12-15-6-7-15/h1-5,15-17H,6-13H2,(H,21,26)/t16-,17+/m0/s1. The maximum Gasteiger partial charge on any atom is 0.345 e. The molecule has 0 radical (unpaired) electrons. The van der Waals surface area contributed by atoms with Crippen LogP contribution in [0.4, 0.5) is 4.79 Å². The third-order valence-electron chi connectivity index (χ3n) is 6.08. The van der Waals surface area contributed by atoms with Gasteiger partial charge in [0.1, 0.15) is 5.82 Å². The Kier molecular flexibility index (Phi) is 4.02. The molecule has 1 saturated heterocycles. The van der Waals surface area contributed by atoms with E-state index in [4.69, 9.17) is 0 Å². The Morgan fingerprint density at radius 3 is 2.67 bits per heavy atom. The van der Waals surface area contributed by atoms with Gasteiger partial charge in [-0.25, -0.2) is 14.3 Å². The van der Waals surface area contributed by atoms with E-state index < -0.39 is 0 Å². The van der Waals surface area contributed by atoms with Crippen molar-refractivity contribution in [3.05, 3.63) is 52.2 Å². The van der Waals surface area contributed by atoms with Gasteiger partial charge in [-0.3, -0.25) is 4.57 Å². The fraction of sp³-hybridized carbons (Fsp3) is 0.550. The van der Waals surface area contributed by atoms with Gasteiger partial charge in [-0.1, -0.05) is 30.3 Å². The number of amides is 2. The summed E-state index contributed by atoms with van der Waals surface area (Å²) in [5, 5.41) is 7.66. The van der Waals surface area contributed by atoms with E-state index in [1.54, 1.807) is 4.68 Å². The fourth-order valence-electron chi connectivity index (χ4n) is 4.44. The molecule has 2 atom stereocenters. The number of carbonyl (C=O) groups excluding carboxylic acids is 1. The van der Waals surface area contributed by atoms with Crippen LogP contribution in [-0.2, 0) is 26.1 Å². The molecule has 3 heterocycles. The molecule has 2 bridgehead atoms. The third kappa shape index (κ3) is 3.15. The highest BCUT2D eigenvalue weighted by Crippen LogP contribution is 2.32. The lowest BCUT2D eigenvalue weighted by Gasteiger charge is -2.28. The molecule has 7 heteroatoms. The molecule has 3 aliphatic rings. The second kappa shape index (κ2) is 6.55. The molecule has 7 nitrogen and oxygen atoms in total. The summed E-state index contributed by atoms with van der Waals surface area (Å²) in [5.41, 5.74) is 1.08. The number of nitrogens with zero attached hydrogens (tertiary/aromatic N) is 4. The zero-order valence-electron chi connectivity index (χ0n) is 15.4. The lowest BCUT2D eigenvalue weighted by Crippen LogP contribution is -2.47. The number of nitrogens with one attached hydrogen (secondary N) is 1. The number of aromatic nitrogens is 3. The van der Waals surface area contributed by atoms with Crippen LogP contribution in [0.2, 0.25) is 0 Å². The van der Waals surface area contributed by atoms with Crippen molar-refractivity contribution in [1.29, 1.82) is 0 Å². The SMILES string of the molecule is O=C(NCc1ccccc1)N1[C@@H]2CC[C@H]1Cc1nn(CC3CC3)c(=O)n1C2. The molecular formula is C20H25N5O2. The van der Waals surface area contributed by atoms with Gasteiger partial charge < -0.3 is 10.2 Å². The molecule has 1 aromatic heterocycles. The molecule has 5 rings (SSSR count). The number of hydrogen-bond donors (Lipinski definition) is 1. The van der Waals surface area contributed by atoms with Gasteiger partial charge in [-0.05, 0) is 37.2 Å². The van der Waals surface area contributed by atoms with Crippen LogP contribution in [-0.4, -0.2) is 37.4 Å². The topological polar surface area (TPSA) is 72.2 Å². The highest BCUT2D eigenvalue weighted by Gasteiger charge is 2.41. The van der Waals surface area contributed by atoms with Crippen molar-refractivity contribution in [2.24, 2.45) is 5.92 Å². The van der Waals surface area contributed by atoms with E-state index in [1.807, 2.05) is 39.8 Å². The van der Waals surface area contributed by atoms with Crippen molar-refractivity contribution < 1.29 is 4.79 Å². The van der Waals surface area contributed by atoms with E-state index in [-0.39, 0.29) is 23.8 Å². The molecule has 27 heavy (non-hydrogen) atoms. The van der Waals surface area contributed by atoms with Crippen LogP contribution in [0.1, 0.15) is 37.1 Å². The van der Waals surface area contributed by atoms with Gasteiger partial charge in [0, 0.05) is 32.1 Å². The first kappa shape index (κ1) is 16.6. The number of fused-ring (bicyclic) bond motifs is 3. The van der Waals surface area contributed by atoms with Crippen molar-refractivity contribution >= 4 is 6.03 Å². The fourth-order valence-corrected chi connectivity index (χ4v) is 4.44. The zero-order valence-corrected chi connectivity index (χ0v) is 15.4. The normalized spacial score (nSPS) is 23.8. The Morgan fingerprint density at radius 1 is 1.11 bits per heavy atom. The molecule has 1 N–H and O–H groups in total. The largest absolute Gasteiger partial charge is 0.345 e. The molecule has 0 spiro atoms. The van der Waals surface area contributed by atoms with Crippen LogP contribution in [0.5, 0.6) is 0 Å². The lowest BCUT2D eigenvalue weighted by atomic mass is 10.1. The van der Waals surface area contributed by atoms with E-state index in [0.717, 1.165) is 30.8 Å². The van der Waals surface area contributed by atoms with E-state index >= 15 is 0 Å². The average molecular weight is 367 g/mol.